The van der Waals surface area contributed by atoms with Crippen molar-refractivity contribution in [2.45, 2.75) is 51.6 Å². The van der Waals surface area contributed by atoms with E-state index in [1.807, 2.05) is 32.0 Å². The Hall–Kier alpha value is -3.74. The average molecular weight is 477 g/mol. The Morgan fingerprint density at radius 2 is 1.74 bits per heavy atom. The quantitative estimate of drug-likeness (QED) is 0.473. The van der Waals surface area contributed by atoms with E-state index in [0.717, 1.165) is 36.8 Å². The summed E-state index contributed by atoms with van der Waals surface area (Å²) in [7, 11) is 3.11. The number of aryl methyl sites for hydroxylation is 2. The lowest BCUT2D eigenvalue weighted by molar-refractivity contribution is -0.123. The van der Waals surface area contributed by atoms with Crippen LogP contribution in [0, 0.1) is 13.8 Å². The molecule has 1 N–H and O–H groups in total. The zero-order chi connectivity index (χ0) is 24.9. The highest BCUT2D eigenvalue weighted by atomic mass is 16.5. The number of carbonyl (C=O) groups excluding carboxylic acids is 2. The van der Waals surface area contributed by atoms with Gasteiger partial charge in [0.1, 0.15) is 6.04 Å². The van der Waals surface area contributed by atoms with E-state index in [9.17, 15) is 9.59 Å². The van der Waals surface area contributed by atoms with Crippen LogP contribution in [0.3, 0.4) is 0 Å². The van der Waals surface area contributed by atoms with Crippen LogP contribution in [0.2, 0.25) is 0 Å². The van der Waals surface area contributed by atoms with Crippen LogP contribution in [0.1, 0.15) is 59.0 Å². The van der Waals surface area contributed by atoms with Gasteiger partial charge in [-0.25, -0.2) is 0 Å². The van der Waals surface area contributed by atoms with Gasteiger partial charge in [-0.2, -0.15) is 0 Å². The summed E-state index contributed by atoms with van der Waals surface area (Å²) in [6, 6.07) is 13.6. The molecule has 0 saturated heterocycles. The minimum Gasteiger partial charge on any atom is -0.493 e. The molecule has 0 bridgehead atoms. The van der Waals surface area contributed by atoms with Crippen LogP contribution >= 0.6 is 0 Å². The largest absolute Gasteiger partial charge is 0.493 e. The molecule has 0 unspecified atom stereocenters. The fourth-order valence-corrected chi connectivity index (χ4v) is 4.65. The topological polar surface area (TPSA) is 81.0 Å². The Balaban J connectivity index is 1.89. The first-order chi connectivity index (χ1) is 16.9. The van der Waals surface area contributed by atoms with Crippen LogP contribution in [0.25, 0.3) is 0 Å². The Labute approximate surface area is 206 Å². The zero-order valence-electron chi connectivity index (χ0n) is 20.7. The lowest BCUT2D eigenvalue weighted by Crippen LogP contribution is -2.46. The third kappa shape index (κ3) is 5.19. The highest BCUT2D eigenvalue weighted by Crippen LogP contribution is 2.37. The van der Waals surface area contributed by atoms with Gasteiger partial charge in [-0.1, -0.05) is 31.0 Å². The van der Waals surface area contributed by atoms with Gasteiger partial charge in [0.2, 0.25) is 5.91 Å². The summed E-state index contributed by atoms with van der Waals surface area (Å²) < 4.78 is 16.4. The minimum absolute atomic E-state index is 0.0873. The second-order valence-electron chi connectivity index (χ2n) is 8.95. The monoisotopic (exact) mass is 476 g/mol. The van der Waals surface area contributed by atoms with Crippen molar-refractivity contribution in [3.8, 4) is 11.5 Å². The lowest BCUT2D eigenvalue weighted by Gasteiger charge is -2.33. The first-order valence-corrected chi connectivity index (χ1v) is 11.9. The number of furan rings is 1. The molecule has 1 atom stereocenters. The molecule has 1 saturated carbocycles. The van der Waals surface area contributed by atoms with Crippen molar-refractivity contribution in [3.63, 3.8) is 0 Å². The van der Waals surface area contributed by atoms with E-state index in [1.165, 1.54) is 11.2 Å². The lowest BCUT2D eigenvalue weighted by atomic mass is 9.99. The van der Waals surface area contributed by atoms with Gasteiger partial charge in [0.05, 0.1) is 20.5 Å². The average Bonchev–Trinajstić information content (AvgIpc) is 3.58. The SMILES string of the molecule is COc1ccc([C@@H](C(=O)NC2CCCC2)N(C(=O)c2ccco2)c2cc(C)ccc2C)cc1OC. The number of hydrogen-bond acceptors (Lipinski definition) is 5. The van der Waals surface area contributed by atoms with Gasteiger partial charge in [-0.3, -0.25) is 14.5 Å². The molecular formula is C28H32N2O5. The summed E-state index contributed by atoms with van der Waals surface area (Å²) >= 11 is 0. The molecule has 1 aliphatic carbocycles. The molecule has 2 aromatic carbocycles. The van der Waals surface area contributed by atoms with Gasteiger partial charge >= 0.3 is 0 Å². The van der Waals surface area contributed by atoms with Crippen molar-refractivity contribution in [2.24, 2.45) is 0 Å². The van der Waals surface area contributed by atoms with Crippen LogP contribution in [-0.4, -0.2) is 32.1 Å². The van der Waals surface area contributed by atoms with Crippen molar-refractivity contribution in [2.75, 3.05) is 19.1 Å². The molecule has 4 rings (SSSR count). The van der Waals surface area contributed by atoms with Gasteiger partial charge < -0.3 is 19.2 Å². The first kappa shape index (κ1) is 24.4. The van der Waals surface area contributed by atoms with Crippen LogP contribution < -0.4 is 19.7 Å². The smallest absolute Gasteiger partial charge is 0.294 e. The second-order valence-corrected chi connectivity index (χ2v) is 8.95. The molecule has 7 heteroatoms. The van der Waals surface area contributed by atoms with Crippen molar-refractivity contribution in [1.82, 2.24) is 5.32 Å². The molecule has 2 amide bonds. The predicted octanol–water partition coefficient (Wildman–Crippen LogP) is 5.36. The van der Waals surface area contributed by atoms with Gasteiger partial charge in [0.15, 0.2) is 17.3 Å². The van der Waals surface area contributed by atoms with Crippen LogP contribution in [0.5, 0.6) is 11.5 Å². The maximum atomic E-state index is 13.9. The van der Waals surface area contributed by atoms with Gasteiger partial charge in [0.25, 0.3) is 5.91 Å². The molecule has 7 nitrogen and oxygen atoms in total. The second kappa shape index (κ2) is 10.7. The zero-order valence-corrected chi connectivity index (χ0v) is 20.7. The Bertz CT molecular complexity index is 1180. The molecule has 1 aromatic heterocycles. The summed E-state index contributed by atoms with van der Waals surface area (Å²) in [5, 5.41) is 3.19. The van der Waals surface area contributed by atoms with E-state index in [0.29, 0.717) is 22.7 Å². The number of anilines is 1. The molecule has 35 heavy (non-hydrogen) atoms. The number of nitrogens with one attached hydrogen (secondary N) is 1. The summed E-state index contributed by atoms with van der Waals surface area (Å²) in [6.45, 7) is 3.89. The predicted molar refractivity (Wildman–Crippen MR) is 134 cm³/mol. The van der Waals surface area contributed by atoms with Gasteiger partial charge in [-0.15, -0.1) is 0 Å². The Morgan fingerprint density at radius 3 is 2.40 bits per heavy atom. The molecule has 0 spiro atoms. The van der Waals surface area contributed by atoms with Crippen LogP contribution in [0.15, 0.2) is 59.2 Å². The number of methoxy groups -OCH3 is 2. The van der Waals surface area contributed by atoms with E-state index in [-0.39, 0.29) is 17.7 Å². The van der Waals surface area contributed by atoms with Gasteiger partial charge in [0, 0.05) is 11.7 Å². The molecule has 184 valence electrons. The number of hydrogen-bond donors (Lipinski definition) is 1. The van der Waals surface area contributed by atoms with Gasteiger partial charge in [-0.05, 0) is 73.7 Å². The van der Waals surface area contributed by atoms with Crippen molar-refractivity contribution in [3.05, 3.63) is 77.2 Å². The Morgan fingerprint density at radius 1 is 1.00 bits per heavy atom. The summed E-state index contributed by atoms with van der Waals surface area (Å²) in [5.41, 5.74) is 3.10. The van der Waals surface area contributed by atoms with E-state index >= 15 is 0 Å². The fraction of sp³-hybridized carbons (Fsp3) is 0.357. The van der Waals surface area contributed by atoms with Crippen molar-refractivity contribution in [1.29, 1.82) is 0 Å². The molecule has 0 aliphatic heterocycles. The molecule has 0 radical (unpaired) electrons. The molecule has 1 heterocycles. The normalized spacial score (nSPS) is 14.4. The number of carbonyl (C=O) groups is 2. The number of ether oxygens (including phenoxy) is 2. The van der Waals surface area contributed by atoms with E-state index in [2.05, 4.69) is 5.32 Å². The van der Waals surface area contributed by atoms with E-state index in [1.54, 1.807) is 44.6 Å². The minimum atomic E-state index is -0.950. The summed E-state index contributed by atoms with van der Waals surface area (Å²) in [6.07, 6.45) is 5.48. The maximum Gasteiger partial charge on any atom is 0.294 e. The molecule has 1 aliphatic rings. The molecule has 1 fully saturated rings. The third-order valence-corrected chi connectivity index (χ3v) is 6.51. The van der Waals surface area contributed by atoms with E-state index < -0.39 is 11.9 Å². The molecular weight excluding hydrogens is 444 g/mol. The molecule has 3 aromatic rings. The number of nitrogens with zero attached hydrogens (tertiary/aromatic N) is 1. The summed E-state index contributed by atoms with van der Waals surface area (Å²) in [5.74, 6) is 0.539. The standard InChI is InChI=1S/C28H32N2O5/c1-18-11-12-19(2)22(16-18)30(28(32)24-10-7-15-35-24)26(27(31)29-21-8-5-6-9-21)20-13-14-23(33-3)25(17-20)34-4/h7,10-17,21,26H,5-6,8-9H2,1-4H3,(H,29,31)/t26-/m0/s1. The number of rotatable bonds is 8. The first-order valence-electron chi connectivity index (χ1n) is 11.9. The maximum absolute atomic E-state index is 13.9. The summed E-state index contributed by atoms with van der Waals surface area (Å²) in [4.78, 5) is 29.4. The number of amides is 2. The Kier molecular flexibility index (Phi) is 7.44. The number of benzene rings is 2. The fourth-order valence-electron chi connectivity index (χ4n) is 4.65. The highest BCUT2D eigenvalue weighted by Gasteiger charge is 2.37. The van der Waals surface area contributed by atoms with E-state index in [4.69, 9.17) is 13.9 Å². The van der Waals surface area contributed by atoms with Crippen LogP contribution in [-0.2, 0) is 4.79 Å². The highest BCUT2D eigenvalue weighted by molar-refractivity contribution is 6.09. The van der Waals surface area contributed by atoms with Crippen molar-refractivity contribution < 1.29 is 23.5 Å². The van der Waals surface area contributed by atoms with Crippen molar-refractivity contribution >= 4 is 17.5 Å². The third-order valence-electron chi connectivity index (χ3n) is 6.51. The van der Waals surface area contributed by atoms with Crippen LogP contribution in [0.4, 0.5) is 5.69 Å².